The lowest BCUT2D eigenvalue weighted by atomic mass is 9.88. The molecule has 0 bridgehead atoms. The van der Waals surface area contributed by atoms with Gasteiger partial charge in [-0.15, -0.1) is 0 Å². The average Bonchev–Trinajstić information content (AvgIpc) is 3.37. The molecule has 0 radical (unpaired) electrons. The molecule has 3 heterocycles. The molecule has 228 valence electrons. The number of piperidine rings is 1. The van der Waals surface area contributed by atoms with Crippen LogP contribution in [0, 0.1) is 0 Å². The van der Waals surface area contributed by atoms with Crippen LogP contribution in [0.3, 0.4) is 0 Å². The molecule has 3 aromatic rings. The predicted octanol–water partition coefficient (Wildman–Crippen LogP) is 1.77. The maximum Gasteiger partial charge on any atom is 0.248 e. The molecule has 42 heavy (non-hydrogen) atoms. The van der Waals surface area contributed by atoms with Gasteiger partial charge in [-0.2, -0.15) is 4.31 Å². The molecule has 1 aromatic heterocycles. The number of ether oxygens (including phenoxy) is 2. The van der Waals surface area contributed by atoms with Crippen LogP contribution in [-0.4, -0.2) is 87.7 Å². The number of aromatic nitrogens is 1. The number of aliphatic hydroxyl groups is 1. The minimum absolute atomic E-state index is 0.0136. The van der Waals surface area contributed by atoms with Crippen molar-refractivity contribution in [2.75, 3.05) is 39.1 Å². The monoisotopic (exact) mass is 619 g/mol. The topological polar surface area (TPSA) is 144 Å². The van der Waals surface area contributed by atoms with Gasteiger partial charge in [0.15, 0.2) is 9.84 Å². The van der Waals surface area contributed by atoms with Crippen LogP contribution < -0.4 is 15.5 Å². The number of sulfonamides is 1. The molecular weight excluding hydrogens is 582 g/mol. The van der Waals surface area contributed by atoms with Gasteiger partial charge in [-0.05, 0) is 56.5 Å². The van der Waals surface area contributed by atoms with Gasteiger partial charge in [0.1, 0.15) is 23.4 Å². The van der Waals surface area contributed by atoms with Gasteiger partial charge in [0.25, 0.3) is 0 Å². The first-order valence-corrected chi connectivity index (χ1v) is 17.4. The number of hydrogen-bond donors (Lipinski definition) is 2. The quantitative estimate of drug-likeness (QED) is 0.347. The van der Waals surface area contributed by atoms with Crippen LogP contribution in [0.5, 0.6) is 5.75 Å². The zero-order valence-electron chi connectivity index (χ0n) is 23.7. The average molecular weight is 620 g/mol. The Kier molecular flexibility index (Phi) is 8.80. The molecule has 2 atom stereocenters. The highest BCUT2D eigenvalue weighted by Gasteiger charge is 2.45. The van der Waals surface area contributed by atoms with Crippen molar-refractivity contribution in [3.8, 4) is 5.75 Å². The number of para-hydroxylation sites is 1. The van der Waals surface area contributed by atoms with E-state index in [4.69, 9.17) is 9.47 Å². The van der Waals surface area contributed by atoms with Gasteiger partial charge in [-0.3, -0.25) is 4.79 Å². The Balaban J connectivity index is 1.15. The van der Waals surface area contributed by atoms with Crippen molar-refractivity contribution in [2.45, 2.75) is 60.3 Å². The van der Waals surface area contributed by atoms with E-state index < -0.39 is 37.0 Å². The molecule has 0 unspecified atom stereocenters. The molecular formula is C29H37N3O8S2. The fourth-order valence-electron chi connectivity index (χ4n) is 5.71. The number of nitrogens with zero attached hydrogens (tertiary/aromatic N) is 2. The first kappa shape index (κ1) is 30.6. The van der Waals surface area contributed by atoms with Crippen LogP contribution >= 0.6 is 0 Å². The summed E-state index contributed by atoms with van der Waals surface area (Å²) in [5, 5.41) is 14.1. The van der Waals surface area contributed by atoms with Crippen molar-refractivity contribution in [3.63, 3.8) is 0 Å². The molecule has 11 nitrogen and oxygen atoms in total. The lowest BCUT2D eigenvalue weighted by Crippen LogP contribution is -2.47. The van der Waals surface area contributed by atoms with Gasteiger partial charge >= 0.3 is 0 Å². The Labute approximate surface area is 246 Å². The Morgan fingerprint density at radius 3 is 2.57 bits per heavy atom. The minimum atomic E-state index is -3.99. The van der Waals surface area contributed by atoms with E-state index in [9.17, 15) is 26.7 Å². The van der Waals surface area contributed by atoms with Crippen molar-refractivity contribution < 1.29 is 31.4 Å². The summed E-state index contributed by atoms with van der Waals surface area (Å²) in [7, 11) is -7.35. The van der Waals surface area contributed by atoms with Gasteiger partial charge in [-0.1, -0.05) is 18.2 Å². The SMILES string of the molecule is CCn1cc(S(=O)(=O)N2CCC3(CC2)C[C@@H](NC[C@@H](O)COc2cccc(S(C)(=O)=O)c2)CO3)c(=O)c2ccccc21. The Morgan fingerprint density at radius 1 is 1.12 bits per heavy atom. The summed E-state index contributed by atoms with van der Waals surface area (Å²) in [6, 6.07) is 13.2. The summed E-state index contributed by atoms with van der Waals surface area (Å²) in [4.78, 5) is 13.1. The van der Waals surface area contributed by atoms with Crippen LogP contribution in [0.15, 0.2) is 69.3 Å². The summed E-state index contributed by atoms with van der Waals surface area (Å²) < 4.78 is 65.6. The molecule has 2 aliphatic rings. The van der Waals surface area contributed by atoms with Gasteiger partial charge in [-0.25, -0.2) is 16.8 Å². The van der Waals surface area contributed by atoms with E-state index in [1.165, 1.54) is 22.6 Å². The summed E-state index contributed by atoms with van der Waals surface area (Å²) in [5.41, 5.74) is -0.246. The first-order valence-electron chi connectivity index (χ1n) is 14.0. The van der Waals surface area contributed by atoms with Gasteiger partial charge in [0.2, 0.25) is 15.5 Å². The van der Waals surface area contributed by atoms with Crippen LogP contribution in [-0.2, 0) is 31.1 Å². The molecule has 0 aliphatic carbocycles. The van der Waals surface area contributed by atoms with Gasteiger partial charge in [0.05, 0.1) is 22.6 Å². The Morgan fingerprint density at radius 2 is 1.86 bits per heavy atom. The first-order chi connectivity index (χ1) is 19.9. The lowest BCUT2D eigenvalue weighted by Gasteiger charge is -2.38. The number of benzene rings is 2. The maximum absolute atomic E-state index is 13.6. The van der Waals surface area contributed by atoms with E-state index in [-0.39, 0.29) is 42.1 Å². The van der Waals surface area contributed by atoms with E-state index in [0.29, 0.717) is 49.1 Å². The largest absolute Gasteiger partial charge is 0.491 e. The summed E-state index contributed by atoms with van der Waals surface area (Å²) in [5.74, 6) is 0.360. The molecule has 1 spiro atoms. The van der Waals surface area contributed by atoms with Gasteiger partial charge in [0, 0.05) is 50.1 Å². The maximum atomic E-state index is 13.6. The minimum Gasteiger partial charge on any atom is -0.491 e. The molecule has 2 saturated heterocycles. The number of rotatable bonds is 10. The van der Waals surface area contributed by atoms with E-state index in [1.54, 1.807) is 28.8 Å². The third kappa shape index (κ3) is 6.41. The normalized spacial score (nSPS) is 20.2. The lowest BCUT2D eigenvalue weighted by molar-refractivity contribution is -0.0312. The van der Waals surface area contributed by atoms with Crippen molar-refractivity contribution in [1.29, 1.82) is 0 Å². The molecule has 5 rings (SSSR count). The smallest absolute Gasteiger partial charge is 0.248 e. The van der Waals surface area contributed by atoms with E-state index in [0.717, 1.165) is 6.26 Å². The van der Waals surface area contributed by atoms with Crippen LogP contribution in [0.25, 0.3) is 10.9 Å². The zero-order chi connectivity index (χ0) is 30.1. The number of hydrogen-bond acceptors (Lipinski definition) is 9. The molecule has 0 amide bonds. The van der Waals surface area contributed by atoms with Crippen molar-refractivity contribution >= 4 is 30.8 Å². The third-order valence-electron chi connectivity index (χ3n) is 8.07. The van der Waals surface area contributed by atoms with Crippen molar-refractivity contribution in [1.82, 2.24) is 14.2 Å². The predicted molar refractivity (Wildman–Crippen MR) is 158 cm³/mol. The van der Waals surface area contributed by atoms with Crippen LogP contribution in [0.2, 0.25) is 0 Å². The number of sulfone groups is 1. The highest BCUT2D eigenvalue weighted by molar-refractivity contribution is 7.90. The Hall–Kier alpha value is -2.81. The molecule has 2 aliphatic heterocycles. The highest BCUT2D eigenvalue weighted by atomic mass is 32.2. The van der Waals surface area contributed by atoms with E-state index >= 15 is 0 Å². The van der Waals surface area contributed by atoms with E-state index in [1.807, 2.05) is 19.1 Å². The number of aryl methyl sites for hydroxylation is 1. The number of fused-ring (bicyclic) bond motifs is 1. The van der Waals surface area contributed by atoms with E-state index in [2.05, 4.69) is 5.32 Å². The summed E-state index contributed by atoms with van der Waals surface area (Å²) >= 11 is 0. The number of pyridine rings is 1. The Bertz CT molecular complexity index is 1710. The van der Waals surface area contributed by atoms with Crippen LogP contribution in [0.1, 0.15) is 26.2 Å². The third-order valence-corrected chi connectivity index (χ3v) is 11.1. The zero-order valence-corrected chi connectivity index (χ0v) is 25.4. The fraction of sp³-hybridized carbons (Fsp3) is 0.483. The number of nitrogens with one attached hydrogen (secondary N) is 1. The highest BCUT2D eigenvalue weighted by Crippen LogP contribution is 2.37. The standard InChI is InChI=1S/C29H37N3O8S2/c1-3-31-18-27(28(34)25-9-4-5-10-26(25)31)42(37,38)32-13-11-29(12-14-32)16-21(19-40-29)30-17-22(33)20-39-23-7-6-8-24(15-23)41(2,35)36/h4-10,15,18,21-22,30,33H,3,11-14,16-17,19-20H2,1-2H3/t21-,22-/m1/s1. The summed E-state index contributed by atoms with van der Waals surface area (Å²) in [6.45, 7) is 3.61. The van der Waals surface area contributed by atoms with Gasteiger partial charge < -0.3 is 24.5 Å². The second-order valence-corrected chi connectivity index (χ2v) is 15.0. The molecule has 2 N–H and O–H groups in total. The van der Waals surface area contributed by atoms with Crippen LogP contribution in [0.4, 0.5) is 0 Å². The molecule has 0 saturated carbocycles. The second kappa shape index (κ2) is 12.1. The van der Waals surface area contributed by atoms with Crippen molar-refractivity contribution in [3.05, 3.63) is 65.0 Å². The molecule has 2 aromatic carbocycles. The summed E-state index contributed by atoms with van der Waals surface area (Å²) in [6.07, 6.45) is 3.42. The molecule has 2 fully saturated rings. The fourth-order valence-corrected chi connectivity index (χ4v) is 7.91. The second-order valence-electron chi connectivity index (χ2n) is 11.0. The number of aliphatic hydroxyl groups excluding tert-OH is 1. The molecule has 13 heteroatoms. The van der Waals surface area contributed by atoms with Crippen molar-refractivity contribution in [2.24, 2.45) is 0 Å².